The molecule has 0 aliphatic carbocycles. The number of carbonyl (C=O) groups is 2. The van der Waals surface area contributed by atoms with Crippen molar-refractivity contribution in [3.05, 3.63) is 35.4 Å². The van der Waals surface area contributed by atoms with E-state index in [9.17, 15) is 9.59 Å². The van der Waals surface area contributed by atoms with Crippen molar-refractivity contribution in [3.63, 3.8) is 0 Å². The lowest BCUT2D eigenvalue weighted by atomic mass is 10.0. The monoisotopic (exact) mass is 332 g/mol. The Morgan fingerprint density at radius 2 is 1.88 bits per heavy atom. The lowest BCUT2D eigenvalue weighted by Gasteiger charge is -2.33. The molecule has 0 saturated carbocycles. The van der Waals surface area contributed by atoms with Gasteiger partial charge in [0.2, 0.25) is 11.8 Å². The molecule has 4 nitrogen and oxygen atoms in total. The molecule has 1 rings (SSSR count). The van der Waals surface area contributed by atoms with Crippen molar-refractivity contribution in [3.8, 4) is 0 Å². The molecule has 1 aromatic rings. The Bertz CT molecular complexity index is 561. The van der Waals surface area contributed by atoms with E-state index in [-0.39, 0.29) is 17.4 Å². The Labute approximate surface area is 146 Å². The fraction of sp³-hybridized carbons (Fsp3) is 0.600. The summed E-state index contributed by atoms with van der Waals surface area (Å²) in [6.07, 6.45) is 1.84. The molecule has 0 radical (unpaired) electrons. The molecule has 134 valence electrons. The number of benzene rings is 1. The van der Waals surface area contributed by atoms with Crippen molar-refractivity contribution in [2.75, 3.05) is 0 Å². The molecular formula is C20H32N2O2. The molecule has 0 fully saturated rings. The molecule has 0 aliphatic heterocycles. The molecule has 0 unspecified atom stereocenters. The third-order valence-electron chi connectivity index (χ3n) is 3.78. The molecular weight excluding hydrogens is 300 g/mol. The molecule has 2 amide bonds. The second-order valence-corrected chi connectivity index (χ2v) is 7.42. The topological polar surface area (TPSA) is 49.4 Å². The third-order valence-corrected chi connectivity index (χ3v) is 3.78. The second kappa shape index (κ2) is 8.86. The molecule has 1 N–H and O–H groups in total. The molecule has 1 atom stereocenters. The third kappa shape index (κ3) is 6.34. The minimum atomic E-state index is -0.441. The maximum atomic E-state index is 12.7. The standard InChI is InChI=1S/C20H32N2O2/c1-7-10-18(23)22(14-16-12-9-11-15(3)13-16)17(8-2)19(24)21-20(4,5)6/h9,11-13,17H,7-8,10,14H2,1-6H3,(H,21,24)/t17-/m1/s1. The van der Waals surface area contributed by atoms with Crippen LogP contribution >= 0.6 is 0 Å². The van der Waals surface area contributed by atoms with Crippen molar-refractivity contribution in [1.29, 1.82) is 0 Å². The zero-order chi connectivity index (χ0) is 18.3. The summed E-state index contributed by atoms with van der Waals surface area (Å²) in [4.78, 5) is 27.1. The van der Waals surface area contributed by atoms with Crippen molar-refractivity contribution in [2.45, 2.75) is 78.9 Å². The highest BCUT2D eigenvalue weighted by Gasteiger charge is 2.30. The summed E-state index contributed by atoms with van der Waals surface area (Å²) in [5.41, 5.74) is 1.90. The fourth-order valence-electron chi connectivity index (χ4n) is 2.74. The van der Waals surface area contributed by atoms with Gasteiger partial charge in [-0.2, -0.15) is 0 Å². The number of carbonyl (C=O) groups excluding carboxylic acids is 2. The summed E-state index contributed by atoms with van der Waals surface area (Å²) in [5, 5.41) is 3.01. The first kappa shape index (κ1) is 20.2. The van der Waals surface area contributed by atoms with Crippen LogP contribution in [0.4, 0.5) is 0 Å². The maximum Gasteiger partial charge on any atom is 0.243 e. The fourth-order valence-corrected chi connectivity index (χ4v) is 2.74. The van der Waals surface area contributed by atoms with E-state index in [1.54, 1.807) is 4.90 Å². The van der Waals surface area contributed by atoms with Crippen LogP contribution in [0.1, 0.15) is 65.0 Å². The number of nitrogens with zero attached hydrogens (tertiary/aromatic N) is 1. The Kier molecular flexibility index (Phi) is 7.46. The summed E-state index contributed by atoms with van der Waals surface area (Å²) in [7, 11) is 0. The predicted molar refractivity (Wildman–Crippen MR) is 98.6 cm³/mol. The molecule has 0 heterocycles. The molecule has 0 spiro atoms. The van der Waals surface area contributed by atoms with Gasteiger partial charge in [0.25, 0.3) is 0 Å². The zero-order valence-corrected chi connectivity index (χ0v) is 16.0. The van der Waals surface area contributed by atoms with Gasteiger partial charge < -0.3 is 10.2 Å². The van der Waals surface area contributed by atoms with Gasteiger partial charge in [-0.15, -0.1) is 0 Å². The molecule has 4 heteroatoms. The van der Waals surface area contributed by atoms with E-state index in [0.29, 0.717) is 19.4 Å². The molecule has 24 heavy (non-hydrogen) atoms. The summed E-state index contributed by atoms with van der Waals surface area (Å²) < 4.78 is 0. The highest BCUT2D eigenvalue weighted by atomic mass is 16.2. The Morgan fingerprint density at radius 3 is 2.38 bits per heavy atom. The molecule has 1 aromatic carbocycles. The van der Waals surface area contributed by atoms with Crippen molar-refractivity contribution in [2.24, 2.45) is 0 Å². The van der Waals surface area contributed by atoms with Gasteiger partial charge in [0.1, 0.15) is 6.04 Å². The highest BCUT2D eigenvalue weighted by molar-refractivity contribution is 5.88. The van der Waals surface area contributed by atoms with Crippen LogP contribution in [0.5, 0.6) is 0 Å². The van der Waals surface area contributed by atoms with E-state index in [4.69, 9.17) is 0 Å². The second-order valence-electron chi connectivity index (χ2n) is 7.42. The quantitative estimate of drug-likeness (QED) is 0.825. The van der Waals surface area contributed by atoms with Gasteiger partial charge >= 0.3 is 0 Å². The van der Waals surface area contributed by atoms with Gasteiger partial charge in [0, 0.05) is 18.5 Å². The minimum absolute atomic E-state index is 0.0370. The van der Waals surface area contributed by atoms with Crippen LogP contribution < -0.4 is 5.32 Å². The maximum absolute atomic E-state index is 12.7. The van der Waals surface area contributed by atoms with E-state index in [1.807, 2.05) is 59.7 Å². The SMILES string of the molecule is CCCC(=O)N(Cc1cccc(C)c1)[C@H](CC)C(=O)NC(C)(C)C. The average Bonchev–Trinajstić information content (AvgIpc) is 2.45. The molecule has 0 aromatic heterocycles. The van der Waals surface area contributed by atoms with Gasteiger partial charge in [-0.05, 0) is 46.1 Å². The molecule has 0 aliphatic rings. The summed E-state index contributed by atoms with van der Waals surface area (Å²) in [6, 6.07) is 7.66. The summed E-state index contributed by atoms with van der Waals surface area (Å²) in [5.74, 6) is -0.0444. The zero-order valence-electron chi connectivity index (χ0n) is 16.0. The first-order valence-electron chi connectivity index (χ1n) is 8.85. The lowest BCUT2D eigenvalue weighted by molar-refractivity contribution is -0.142. The van der Waals surface area contributed by atoms with Crippen LogP contribution in [-0.2, 0) is 16.1 Å². The lowest BCUT2D eigenvalue weighted by Crippen LogP contribution is -2.53. The largest absolute Gasteiger partial charge is 0.350 e. The van der Waals surface area contributed by atoms with Crippen LogP contribution in [-0.4, -0.2) is 28.3 Å². The van der Waals surface area contributed by atoms with Gasteiger partial charge in [0.15, 0.2) is 0 Å². The number of aryl methyl sites for hydroxylation is 1. The first-order valence-corrected chi connectivity index (χ1v) is 8.85. The van der Waals surface area contributed by atoms with Crippen LogP contribution in [0.15, 0.2) is 24.3 Å². The molecule has 0 saturated heterocycles. The number of nitrogens with one attached hydrogen (secondary N) is 1. The van der Waals surface area contributed by atoms with E-state index >= 15 is 0 Å². The average molecular weight is 332 g/mol. The Balaban J connectivity index is 3.05. The number of amides is 2. The van der Waals surface area contributed by atoms with Crippen molar-refractivity contribution < 1.29 is 9.59 Å². The van der Waals surface area contributed by atoms with Crippen molar-refractivity contribution >= 4 is 11.8 Å². The highest BCUT2D eigenvalue weighted by Crippen LogP contribution is 2.16. The van der Waals surface area contributed by atoms with Gasteiger partial charge in [-0.3, -0.25) is 9.59 Å². The minimum Gasteiger partial charge on any atom is -0.350 e. The van der Waals surface area contributed by atoms with E-state index in [0.717, 1.165) is 17.5 Å². The van der Waals surface area contributed by atoms with E-state index < -0.39 is 6.04 Å². The van der Waals surface area contributed by atoms with Crippen LogP contribution in [0.25, 0.3) is 0 Å². The van der Waals surface area contributed by atoms with Gasteiger partial charge in [-0.1, -0.05) is 43.7 Å². The Morgan fingerprint density at radius 1 is 1.21 bits per heavy atom. The summed E-state index contributed by atoms with van der Waals surface area (Å²) >= 11 is 0. The Hall–Kier alpha value is -1.84. The van der Waals surface area contributed by atoms with E-state index in [2.05, 4.69) is 11.4 Å². The predicted octanol–water partition coefficient (Wildman–Crippen LogP) is 3.82. The van der Waals surface area contributed by atoms with Crippen LogP contribution in [0.3, 0.4) is 0 Å². The number of hydrogen-bond acceptors (Lipinski definition) is 2. The number of rotatable bonds is 7. The van der Waals surface area contributed by atoms with Gasteiger partial charge in [0.05, 0.1) is 0 Å². The molecule has 0 bridgehead atoms. The number of hydrogen-bond donors (Lipinski definition) is 1. The summed E-state index contributed by atoms with van der Waals surface area (Å²) in [6.45, 7) is 12.3. The van der Waals surface area contributed by atoms with E-state index in [1.165, 1.54) is 0 Å². The van der Waals surface area contributed by atoms with Crippen LogP contribution in [0.2, 0.25) is 0 Å². The van der Waals surface area contributed by atoms with Crippen molar-refractivity contribution in [1.82, 2.24) is 10.2 Å². The normalized spacial score (nSPS) is 12.6. The van der Waals surface area contributed by atoms with Crippen LogP contribution in [0, 0.1) is 6.92 Å². The first-order chi connectivity index (χ1) is 11.2. The van der Waals surface area contributed by atoms with Gasteiger partial charge in [-0.25, -0.2) is 0 Å². The smallest absolute Gasteiger partial charge is 0.243 e.